The fourth-order valence-electron chi connectivity index (χ4n) is 1.47. The van der Waals surface area contributed by atoms with E-state index >= 15 is 0 Å². The summed E-state index contributed by atoms with van der Waals surface area (Å²) in [4.78, 5) is -3.35. The Bertz CT molecular complexity index is 379. The lowest BCUT2D eigenvalue weighted by Gasteiger charge is -2.22. The van der Waals surface area contributed by atoms with Crippen LogP contribution in [0.2, 0.25) is 0 Å². The lowest BCUT2D eigenvalue weighted by atomic mass is 9.88. The number of aromatic nitrogens is 2. The average Bonchev–Trinajstić information content (AvgIpc) is 2.43. The lowest BCUT2D eigenvalue weighted by Crippen LogP contribution is -2.23. The summed E-state index contributed by atoms with van der Waals surface area (Å²) in [6.07, 6.45) is -0.476. The summed E-state index contributed by atoms with van der Waals surface area (Å²) in [7, 11) is 1.64. The van der Waals surface area contributed by atoms with E-state index < -0.39 is 16.4 Å². The van der Waals surface area contributed by atoms with Crippen LogP contribution in [-0.2, 0) is 12.5 Å². The highest BCUT2D eigenvalue weighted by molar-refractivity contribution is 9.10. The molecule has 1 heterocycles. The third-order valence-corrected chi connectivity index (χ3v) is 2.61. The van der Waals surface area contributed by atoms with Gasteiger partial charge in [0.05, 0.1) is 5.69 Å². The second-order valence-electron chi connectivity index (χ2n) is 4.80. The van der Waals surface area contributed by atoms with E-state index in [0.29, 0.717) is 5.69 Å². The Morgan fingerprint density at radius 2 is 1.94 bits per heavy atom. The fourth-order valence-corrected chi connectivity index (χ4v) is 1.71. The van der Waals surface area contributed by atoms with Crippen LogP contribution in [0.3, 0.4) is 0 Å². The molecule has 0 aliphatic heterocycles. The van der Waals surface area contributed by atoms with Crippen LogP contribution in [0.1, 0.15) is 38.1 Å². The van der Waals surface area contributed by atoms with Gasteiger partial charge in [0.1, 0.15) is 0 Å². The number of rotatable bonds is 2. The van der Waals surface area contributed by atoms with Crippen molar-refractivity contribution < 1.29 is 13.9 Å². The highest BCUT2D eigenvalue weighted by Gasteiger charge is 2.40. The normalized spacial score (nSPS) is 15.2. The molecule has 1 aromatic heterocycles. The first-order chi connectivity index (χ1) is 7.03. The van der Waals surface area contributed by atoms with Crippen LogP contribution < -0.4 is 0 Å². The molecule has 0 fully saturated rings. The molecule has 1 N–H and O–H groups in total. The second kappa shape index (κ2) is 4.07. The highest BCUT2D eigenvalue weighted by Crippen LogP contribution is 2.40. The standard InChI is InChI=1S/C10H15BrF2N2O/c1-9(2,3)7-6(5-15(4)14-7)8(16)10(11,12)13/h5,8,16H,1-4H3. The molecule has 3 nitrogen and oxygen atoms in total. The van der Waals surface area contributed by atoms with E-state index in [0.717, 1.165) is 0 Å². The molecule has 0 aromatic carbocycles. The third-order valence-electron chi connectivity index (χ3n) is 2.17. The van der Waals surface area contributed by atoms with Crippen molar-refractivity contribution in [3.8, 4) is 0 Å². The summed E-state index contributed by atoms with van der Waals surface area (Å²) < 4.78 is 27.4. The molecular formula is C10H15BrF2N2O. The van der Waals surface area contributed by atoms with E-state index in [1.165, 1.54) is 10.9 Å². The van der Waals surface area contributed by atoms with E-state index in [2.05, 4.69) is 21.0 Å². The Morgan fingerprint density at radius 1 is 1.44 bits per heavy atom. The van der Waals surface area contributed by atoms with Gasteiger partial charge in [0, 0.05) is 24.2 Å². The van der Waals surface area contributed by atoms with Crippen LogP contribution in [0, 0.1) is 0 Å². The Balaban J connectivity index is 3.24. The Hall–Kier alpha value is -0.490. The summed E-state index contributed by atoms with van der Waals surface area (Å²) in [6.45, 7) is 5.58. The smallest absolute Gasteiger partial charge is 0.330 e. The van der Waals surface area contributed by atoms with Gasteiger partial charge >= 0.3 is 4.83 Å². The van der Waals surface area contributed by atoms with Crippen LogP contribution in [0.4, 0.5) is 8.78 Å². The molecule has 0 aliphatic rings. The molecule has 1 atom stereocenters. The fraction of sp³-hybridized carbons (Fsp3) is 0.700. The molecular weight excluding hydrogens is 282 g/mol. The van der Waals surface area contributed by atoms with Gasteiger partial charge in [-0.1, -0.05) is 20.8 Å². The average molecular weight is 297 g/mol. The molecule has 0 amide bonds. The number of hydrogen-bond acceptors (Lipinski definition) is 2. The molecule has 1 aromatic rings. The minimum Gasteiger partial charge on any atom is -0.381 e. The number of aliphatic hydroxyl groups excluding tert-OH is 1. The van der Waals surface area contributed by atoms with Crippen LogP contribution in [0.15, 0.2) is 6.20 Å². The molecule has 0 radical (unpaired) electrons. The van der Waals surface area contributed by atoms with Crippen molar-refractivity contribution in [2.24, 2.45) is 7.05 Å². The van der Waals surface area contributed by atoms with Gasteiger partial charge in [-0.25, -0.2) is 0 Å². The van der Waals surface area contributed by atoms with E-state index in [1.54, 1.807) is 7.05 Å². The Morgan fingerprint density at radius 3 is 2.31 bits per heavy atom. The zero-order valence-electron chi connectivity index (χ0n) is 9.63. The monoisotopic (exact) mass is 296 g/mol. The Labute approximate surface area is 102 Å². The molecule has 0 bridgehead atoms. The predicted octanol–water partition coefficient (Wildman–Crippen LogP) is 2.74. The van der Waals surface area contributed by atoms with Crippen molar-refractivity contribution in [1.29, 1.82) is 0 Å². The quantitative estimate of drug-likeness (QED) is 0.852. The summed E-state index contributed by atoms with van der Waals surface area (Å²) in [5, 5.41) is 13.7. The van der Waals surface area contributed by atoms with Gasteiger partial charge in [0.15, 0.2) is 6.10 Å². The van der Waals surface area contributed by atoms with Crippen LogP contribution >= 0.6 is 15.9 Å². The molecule has 0 spiro atoms. The van der Waals surface area contributed by atoms with Gasteiger partial charge in [-0.2, -0.15) is 13.9 Å². The summed E-state index contributed by atoms with van der Waals surface area (Å²) >= 11 is 2.17. The first-order valence-corrected chi connectivity index (χ1v) is 5.61. The van der Waals surface area contributed by atoms with Crippen molar-refractivity contribution in [3.05, 3.63) is 17.5 Å². The van der Waals surface area contributed by atoms with Gasteiger partial charge in [-0.3, -0.25) is 4.68 Å². The maximum Gasteiger partial charge on any atom is 0.330 e. The number of aryl methyl sites for hydroxylation is 1. The largest absolute Gasteiger partial charge is 0.381 e. The van der Waals surface area contributed by atoms with Crippen LogP contribution in [-0.4, -0.2) is 19.7 Å². The van der Waals surface area contributed by atoms with Gasteiger partial charge in [0.2, 0.25) is 0 Å². The minimum atomic E-state index is -3.35. The maximum atomic E-state index is 13.0. The van der Waals surface area contributed by atoms with Crippen molar-refractivity contribution in [3.63, 3.8) is 0 Å². The second-order valence-corrected chi connectivity index (χ2v) is 5.86. The number of aliphatic hydroxyl groups is 1. The van der Waals surface area contributed by atoms with E-state index in [-0.39, 0.29) is 5.56 Å². The van der Waals surface area contributed by atoms with Gasteiger partial charge in [-0.05, 0) is 15.9 Å². The van der Waals surface area contributed by atoms with Gasteiger partial charge < -0.3 is 5.11 Å². The number of nitrogens with zero attached hydrogens (tertiary/aromatic N) is 2. The van der Waals surface area contributed by atoms with E-state index in [4.69, 9.17) is 0 Å². The molecule has 0 aliphatic carbocycles. The predicted molar refractivity (Wildman–Crippen MR) is 60.7 cm³/mol. The lowest BCUT2D eigenvalue weighted by molar-refractivity contribution is -0.0302. The van der Waals surface area contributed by atoms with Crippen molar-refractivity contribution in [1.82, 2.24) is 9.78 Å². The minimum absolute atomic E-state index is 0.150. The van der Waals surface area contributed by atoms with Crippen LogP contribution in [0.25, 0.3) is 0 Å². The first-order valence-electron chi connectivity index (χ1n) is 4.82. The molecule has 16 heavy (non-hydrogen) atoms. The van der Waals surface area contributed by atoms with Crippen molar-refractivity contribution >= 4 is 15.9 Å². The molecule has 0 saturated heterocycles. The SMILES string of the molecule is Cn1cc(C(O)C(F)(F)Br)c(C(C)(C)C)n1. The number of halogens is 3. The summed E-state index contributed by atoms with van der Waals surface area (Å²) in [6, 6.07) is 0. The van der Waals surface area contributed by atoms with E-state index in [1.807, 2.05) is 20.8 Å². The van der Waals surface area contributed by atoms with Crippen molar-refractivity contribution in [2.75, 3.05) is 0 Å². The summed E-state index contributed by atoms with van der Waals surface area (Å²) in [5.41, 5.74) is 0.231. The number of alkyl halides is 3. The van der Waals surface area contributed by atoms with Crippen LogP contribution in [0.5, 0.6) is 0 Å². The van der Waals surface area contributed by atoms with Gasteiger partial charge in [-0.15, -0.1) is 0 Å². The van der Waals surface area contributed by atoms with Gasteiger partial charge in [0.25, 0.3) is 0 Å². The molecule has 1 rings (SSSR count). The molecule has 0 saturated carbocycles. The zero-order valence-corrected chi connectivity index (χ0v) is 11.2. The third kappa shape index (κ3) is 2.79. The first kappa shape index (κ1) is 13.6. The number of hydrogen-bond donors (Lipinski definition) is 1. The Kier molecular flexibility index (Phi) is 3.45. The maximum absolute atomic E-state index is 13.0. The summed E-state index contributed by atoms with van der Waals surface area (Å²) in [5.74, 6) is 0. The molecule has 1 unspecified atom stereocenters. The highest BCUT2D eigenvalue weighted by atomic mass is 79.9. The zero-order chi connectivity index (χ0) is 12.7. The van der Waals surface area contributed by atoms with E-state index in [9.17, 15) is 13.9 Å². The topological polar surface area (TPSA) is 38.0 Å². The van der Waals surface area contributed by atoms with Crippen molar-refractivity contribution in [2.45, 2.75) is 37.1 Å². The molecule has 92 valence electrons. The molecule has 6 heteroatoms.